The highest BCUT2D eigenvalue weighted by atomic mass is 79.9. The molecule has 0 aliphatic carbocycles. The zero-order valence-electron chi connectivity index (χ0n) is 11.1. The van der Waals surface area contributed by atoms with Crippen molar-refractivity contribution in [3.63, 3.8) is 0 Å². The summed E-state index contributed by atoms with van der Waals surface area (Å²) in [5.41, 5.74) is 3.25. The summed E-state index contributed by atoms with van der Waals surface area (Å²) in [6.45, 7) is 4.86. The van der Waals surface area contributed by atoms with E-state index in [0.717, 1.165) is 27.4 Å². The molecule has 20 heavy (non-hydrogen) atoms. The number of aryl methyl sites for hydroxylation is 2. The van der Waals surface area contributed by atoms with Crippen molar-refractivity contribution in [2.24, 2.45) is 0 Å². The summed E-state index contributed by atoms with van der Waals surface area (Å²) in [6, 6.07) is 5.86. The summed E-state index contributed by atoms with van der Waals surface area (Å²) < 4.78 is 3.06. The van der Waals surface area contributed by atoms with E-state index in [1.807, 2.05) is 25.1 Å². The number of nitrogens with zero attached hydrogens (tertiary/aromatic N) is 2. The van der Waals surface area contributed by atoms with Crippen molar-refractivity contribution in [3.05, 3.63) is 50.2 Å². The lowest BCUT2D eigenvalue weighted by molar-refractivity contribution is 0.991. The zero-order chi connectivity index (χ0) is 14.3. The molecule has 0 fully saturated rings. The smallest absolute Gasteiger partial charge is 0.194 e. The van der Waals surface area contributed by atoms with Gasteiger partial charge < -0.3 is 5.32 Å². The summed E-state index contributed by atoms with van der Waals surface area (Å²) in [5.74, 6) is 0. The molecule has 0 amide bonds. The molecule has 0 aliphatic rings. The van der Waals surface area contributed by atoms with Gasteiger partial charge in [0.25, 0.3) is 0 Å². The lowest BCUT2D eigenvalue weighted by Gasteiger charge is -2.07. The van der Waals surface area contributed by atoms with Gasteiger partial charge in [0, 0.05) is 21.2 Å². The number of rotatable bonds is 3. The summed E-state index contributed by atoms with van der Waals surface area (Å²) in [5, 5.41) is 4.10. The van der Waals surface area contributed by atoms with Gasteiger partial charge in [0.15, 0.2) is 4.96 Å². The number of halogens is 2. The molecular formula is C14H13BrClN3S. The fourth-order valence-electron chi connectivity index (χ4n) is 2.11. The number of hydrogen-bond acceptors (Lipinski definition) is 3. The van der Waals surface area contributed by atoms with Crippen LogP contribution in [0.5, 0.6) is 0 Å². The van der Waals surface area contributed by atoms with Crippen LogP contribution in [-0.4, -0.2) is 9.38 Å². The molecule has 1 aromatic carbocycles. The molecule has 104 valence electrons. The first-order valence-corrected chi connectivity index (χ1v) is 8.16. The van der Waals surface area contributed by atoms with Gasteiger partial charge in [0.2, 0.25) is 0 Å². The highest BCUT2D eigenvalue weighted by molar-refractivity contribution is 9.10. The van der Waals surface area contributed by atoms with E-state index in [9.17, 15) is 0 Å². The fraction of sp³-hybridized carbons (Fsp3) is 0.214. The average Bonchev–Trinajstić information content (AvgIpc) is 2.87. The van der Waals surface area contributed by atoms with Gasteiger partial charge in [-0.2, -0.15) is 0 Å². The predicted molar refractivity (Wildman–Crippen MR) is 89.0 cm³/mol. The molecule has 3 nitrogen and oxygen atoms in total. The maximum atomic E-state index is 6.10. The van der Waals surface area contributed by atoms with Crippen molar-refractivity contribution in [3.8, 4) is 0 Å². The number of benzene rings is 1. The van der Waals surface area contributed by atoms with E-state index < -0.39 is 0 Å². The van der Waals surface area contributed by atoms with Gasteiger partial charge in [0.1, 0.15) is 0 Å². The molecule has 0 radical (unpaired) electrons. The third-order valence-electron chi connectivity index (χ3n) is 3.12. The topological polar surface area (TPSA) is 29.3 Å². The molecule has 6 heteroatoms. The van der Waals surface area contributed by atoms with Gasteiger partial charge in [-0.05, 0) is 48.0 Å². The van der Waals surface area contributed by atoms with E-state index in [-0.39, 0.29) is 0 Å². The van der Waals surface area contributed by atoms with Gasteiger partial charge in [-0.3, -0.25) is 4.40 Å². The van der Waals surface area contributed by atoms with E-state index in [2.05, 4.69) is 43.8 Å². The molecule has 0 saturated carbocycles. The summed E-state index contributed by atoms with van der Waals surface area (Å²) in [7, 11) is 0. The zero-order valence-corrected chi connectivity index (χ0v) is 14.2. The minimum atomic E-state index is 0.705. The second kappa shape index (κ2) is 5.39. The van der Waals surface area contributed by atoms with E-state index in [1.165, 1.54) is 10.6 Å². The van der Waals surface area contributed by atoms with Crippen molar-refractivity contribution < 1.29 is 0 Å². The monoisotopic (exact) mass is 369 g/mol. The van der Waals surface area contributed by atoms with Gasteiger partial charge in [-0.15, -0.1) is 11.3 Å². The molecule has 0 bridgehead atoms. The fourth-order valence-corrected chi connectivity index (χ4v) is 3.43. The number of aromatic nitrogens is 2. The minimum absolute atomic E-state index is 0.705. The Hall–Kier alpha value is -1.04. The molecular weight excluding hydrogens is 358 g/mol. The molecule has 0 atom stereocenters. The maximum Gasteiger partial charge on any atom is 0.194 e. The van der Waals surface area contributed by atoms with Crippen LogP contribution in [0.3, 0.4) is 0 Å². The van der Waals surface area contributed by atoms with E-state index in [4.69, 9.17) is 11.6 Å². The lowest BCUT2D eigenvalue weighted by Crippen LogP contribution is -2.03. The first-order chi connectivity index (χ1) is 9.54. The Morgan fingerprint density at radius 2 is 2.20 bits per heavy atom. The Balaban J connectivity index is 1.85. The van der Waals surface area contributed by atoms with Crippen LogP contribution < -0.4 is 5.32 Å². The van der Waals surface area contributed by atoms with E-state index in [0.29, 0.717) is 5.02 Å². The van der Waals surface area contributed by atoms with Crippen LogP contribution in [0.4, 0.5) is 5.69 Å². The van der Waals surface area contributed by atoms with Crippen LogP contribution >= 0.6 is 38.9 Å². The molecule has 0 saturated heterocycles. The Kier molecular flexibility index (Phi) is 3.75. The summed E-state index contributed by atoms with van der Waals surface area (Å²) in [6.07, 6.45) is 2.13. The summed E-state index contributed by atoms with van der Waals surface area (Å²) in [4.78, 5) is 6.90. The number of fused-ring (bicyclic) bond motifs is 1. The van der Waals surface area contributed by atoms with Crippen LogP contribution in [0.1, 0.15) is 16.3 Å². The highest BCUT2D eigenvalue weighted by Gasteiger charge is 2.10. The summed E-state index contributed by atoms with van der Waals surface area (Å²) >= 11 is 11.2. The van der Waals surface area contributed by atoms with Crippen molar-refractivity contribution >= 4 is 49.5 Å². The predicted octanol–water partition coefficient (Wildman–Crippen LogP) is 5.04. The molecule has 3 rings (SSSR count). The van der Waals surface area contributed by atoms with Crippen LogP contribution in [0.15, 0.2) is 28.9 Å². The first kappa shape index (κ1) is 13.9. The second-order valence-corrected chi connectivity index (χ2v) is 7.10. The number of thiazole rings is 1. The number of anilines is 1. The standard InChI is InChI=1S/C14H13BrClN3S/c1-8-7-19-13(9(2)18-14(19)20-8)6-17-10-3-4-11(15)12(16)5-10/h3-5,7,17H,6H2,1-2H3. The largest absolute Gasteiger partial charge is 0.379 e. The number of imidazole rings is 1. The Labute approximate surface area is 134 Å². The molecule has 3 aromatic rings. The van der Waals surface area contributed by atoms with Crippen molar-refractivity contribution in [1.82, 2.24) is 9.38 Å². The number of hydrogen-bond donors (Lipinski definition) is 1. The quantitative estimate of drug-likeness (QED) is 0.700. The lowest BCUT2D eigenvalue weighted by atomic mass is 10.3. The van der Waals surface area contributed by atoms with E-state index in [1.54, 1.807) is 11.3 Å². The Morgan fingerprint density at radius 3 is 2.95 bits per heavy atom. The molecule has 0 aliphatic heterocycles. The van der Waals surface area contributed by atoms with Gasteiger partial charge in [-0.25, -0.2) is 4.98 Å². The van der Waals surface area contributed by atoms with E-state index >= 15 is 0 Å². The average molecular weight is 371 g/mol. The van der Waals surface area contributed by atoms with Gasteiger partial charge in [-0.1, -0.05) is 11.6 Å². The highest BCUT2D eigenvalue weighted by Crippen LogP contribution is 2.26. The molecule has 2 aromatic heterocycles. The molecule has 2 heterocycles. The van der Waals surface area contributed by atoms with Crippen molar-refractivity contribution in [2.45, 2.75) is 20.4 Å². The van der Waals surface area contributed by atoms with Crippen LogP contribution in [0, 0.1) is 13.8 Å². The van der Waals surface area contributed by atoms with Crippen molar-refractivity contribution in [1.29, 1.82) is 0 Å². The second-order valence-electron chi connectivity index (χ2n) is 4.62. The number of nitrogens with one attached hydrogen (secondary N) is 1. The molecule has 1 N–H and O–H groups in total. The molecule has 0 unspecified atom stereocenters. The maximum absolute atomic E-state index is 6.10. The van der Waals surface area contributed by atoms with Gasteiger partial charge in [0.05, 0.1) is 23.0 Å². The third-order valence-corrected chi connectivity index (χ3v) is 5.25. The SMILES string of the molecule is Cc1cn2c(CNc3ccc(Br)c(Cl)c3)c(C)nc2s1. The van der Waals surface area contributed by atoms with Crippen LogP contribution in [0.2, 0.25) is 5.02 Å². The van der Waals surface area contributed by atoms with Crippen molar-refractivity contribution in [2.75, 3.05) is 5.32 Å². The Bertz CT molecular complexity index is 778. The third kappa shape index (κ3) is 2.57. The minimum Gasteiger partial charge on any atom is -0.379 e. The molecule has 0 spiro atoms. The normalized spacial score (nSPS) is 11.2. The Morgan fingerprint density at radius 1 is 1.40 bits per heavy atom. The van der Waals surface area contributed by atoms with Crippen LogP contribution in [0.25, 0.3) is 4.96 Å². The van der Waals surface area contributed by atoms with Gasteiger partial charge >= 0.3 is 0 Å². The first-order valence-electron chi connectivity index (χ1n) is 6.17. The van der Waals surface area contributed by atoms with Crippen LogP contribution in [-0.2, 0) is 6.54 Å².